The summed E-state index contributed by atoms with van der Waals surface area (Å²) < 4.78 is 5.42. The second-order valence-corrected chi connectivity index (χ2v) is 6.38. The van der Waals surface area contributed by atoms with E-state index in [0.717, 1.165) is 46.6 Å². The topological polar surface area (TPSA) is 81.3 Å². The molecule has 0 bridgehead atoms. The number of carbonyl (C=O) groups is 1. The fourth-order valence-electron chi connectivity index (χ4n) is 3.31. The predicted octanol–water partition coefficient (Wildman–Crippen LogP) is 2.54. The summed E-state index contributed by atoms with van der Waals surface area (Å²) in [5.74, 6) is 0.317. The van der Waals surface area contributed by atoms with Gasteiger partial charge in [-0.1, -0.05) is 12.1 Å². The maximum Gasteiger partial charge on any atom is 0.249 e. The Kier molecular flexibility index (Phi) is 4.26. The summed E-state index contributed by atoms with van der Waals surface area (Å²) >= 11 is 0. The van der Waals surface area contributed by atoms with E-state index in [0.29, 0.717) is 18.8 Å². The van der Waals surface area contributed by atoms with Gasteiger partial charge in [-0.25, -0.2) is 4.98 Å². The van der Waals surface area contributed by atoms with E-state index in [1.54, 1.807) is 12.3 Å². The number of morpholine rings is 1. The van der Waals surface area contributed by atoms with Crippen LogP contribution in [0.25, 0.3) is 22.2 Å². The predicted molar refractivity (Wildman–Crippen MR) is 101 cm³/mol. The molecule has 1 fully saturated rings. The van der Waals surface area contributed by atoms with Gasteiger partial charge in [0, 0.05) is 35.8 Å². The van der Waals surface area contributed by atoms with Crippen LogP contribution in [-0.4, -0.2) is 42.2 Å². The van der Waals surface area contributed by atoms with Crippen LogP contribution in [0.3, 0.4) is 0 Å². The molecule has 0 spiro atoms. The van der Waals surface area contributed by atoms with E-state index in [1.807, 2.05) is 37.3 Å². The van der Waals surface area contributed by atoms with E-state index in [-0.39, 0.29) is 0 Å². The summed E-state index contributed by atoms with van der Waals surface area (Å²) in [6.45, 7) is 4.68. The van der Waals surface area contributed by atoms with Crippen LogP contribution in [0, 0.1) is 6.92 Å². The van der Waals surface area contributed by atoms with Gasteiger partial charge in [0.25, 0.3) is 0 Å². The normalized spacial score (nSPS) is 14.6. The first-order valence-electron chi connectivity index (χ1n) is 8.63. The third kappa shape index (κ3) is 2.99. The Labute approximate surface area is 151 Å². The highest BCUT2D eigenvalue weighted by Gasteiger charge is 2.19. The summed E-state index contributed by atoms with van der Waals surface area (Å²) in [7, 11) is 0. The van der Waals surface area contributed by atoms with Crippen molar-refractivity contribution in [2.45, 2.75) is 6.92 Å². The highest BCUT2D eigenvalue weighted by atomic mass is 16.5. The van der Waals surface area contributed by atoms with Gasteiger partial charge >= 0.3 is 0 Å². The Morgan fingerprint density at radius 1 is 1.19 bits per heavy atom. The van der Waals surface area contributed by atoms with Crippen molar-refractivity contribution < 1.29 is 9.53 Å². The van der Waals surface area contributed by atoms with E-state index < -0.39 is 5.91 Å². The van der Waals surface area contributed by atoms with Crippen LogP contribution >= 0.6 is 0 Å². The smallest absolute Gasteiger partial charge is 0.249 e. The molecule has 0 atom stereocenters. The molecule has 1 saturated heterocycles. The number of pyridine rings is 2. The van der Waals surface area contributed by atoms with E-state index in [2.05, 4.69) is 9.88 Å². The average molecular weight is 348 g/mol. The van der Waals surface area contributed by atoms with Gasteiger partial charge in [-0.05, 0) is 36.8 Å². The summed E-state index contributed by atoms with van der Waals surface area (Å²) in [6.07, 6.45) is 1.77. The molecule has 6 heteroatoms. The minimum atomic E-state index is -0.442. The molecule has 2 N–H and O–H groups in total. The Bertz CT molecular complexity index is 981. The third-order valence-electron chi connectivity index (χ3n) is 4.74. The number of hydrogen-bond donors (Lipinski definition) is 1. The van der Waals surface area contributed by atoms with Crippen LogP contribution in [0.2, 0.25) is 0 Å². The molecule has 4 rings (SSSR count). The number of benzene rings is 1. The highest BCUT2D eigenvalue weighted by molar-refractivity contribution is 5.97. The van der Waals surface area contributed by atoms with Crippen molar-refractivity contribution in [3.8, 4) is 11.3 Å². The van der Waals surface area contributed by atoms with Crippen LogP contribution in [0.15, 0.2) is 42.6 Å². The molecule has 1 amide bonds. The number of nitrogens with two attached hydrogens (primary N) is 1. The summed E-state index contributed by atoms with van der Waals surface area (Å²) in [5.41, 5.74) is 9.56. The molecule has 1 aliphatic rings. The number of hydrogen-bond acceptors (Lipinski definition) is 5. The second-order valence-electron chi connectivity index (χ2n) is 6.38. The van der Waals surface area contributed by atoms with Gasteiger partial charge < -0.3 is 15.4 Å². The first kappa shape index (κ1) is 16.5. The molecular weight excluding hydrogens is 328 g/mol. The SMILES string of the molecule is Cc1c(C(N)=O)cc(N2CCOCC2)nc1-c1ccc2ncccc2c1. The van der Waals surface area contributed by atoms with Gasteiger partial charge in [0.05, 0.1) is 24.4 Å². The molecule has 0 radical (unpaired) electrons. The van der Waals surface area contributed by atoms with E-state index in [1.165, 1.54) is 0 Å². The summed E-state index contributed by atoms with van der Waals surface area (Å²) in [5, 5.41) is 1.03. The number of fused-ring (bicyclic) bond motifs is 1. The van der Waals surface area contributed by atoms with Crippen molar-refractivity contribution in [3.63, 3.8) is 0 Å². The zero-order valence-electron chi connectivity index (χ0n) is 14.6. The first-order valence-corrected chi connectivity index (χ1v) is 8.63. The number of carbonyl (C=O) groups excluding carboxylic acids is 1. The molecule has 0 unspecified atom stereocenters. The molecule has 1 aromatic carbocycles. The fourth-order valence-corrected chi connectivity index (χ4v) is 3.31. The van der Waals surface area contributed by atoms with Crippen LogP contribution in [0.4, 0.5) is 5.82 Å². The standard InChI is InChI=1S/C20H20N4O2/c1-13-16(20(21)25)12-18(24-7-9-26-10-8-24)23-19(13)15-4-5-17-14(11-15)3-2-6-22-17/h2-6,11-12H,7-10H2,1H3,(H2,21,25). The zero-order chi connectivity index (χ0) is 18.1. The lowest BCUT2D eigenvalue weighted by atomic mass is 10.00. The monoisotopic (exact) mass is 348 g/mol. The van der Waals surface area contributed by atoms with Crippen molar-refractivity contribution >= 4 is 22.6 Å². The lowest BCUT2D eigenvalue weighted by Crippen LogP contribution is -2.37. The number of ether oxygens (including phenoxy) is 1. The molecule has 6 nitrogen and oxygen atoms in total. The third-order valence-corrected chi connectivity index (χ3v) is 4.74. The van der Waals surface area contributed by atoms with E-state index >= 15 is 0 Å². The van der Waals surface area contributed by atoms with Crippen LogP contribution in [-0.2, 0) is 4.74 Å². The lowest BCUT2D eigenvalue weighted by Gasteiger charge is -2.29. The maximum atomic E-state index is 12.0. The molecule has 0 aliphatic carbocycles. The van der Waals surface area contributed by atoms with Crippen molar-refractivity contribution in [3.05, 3.63) is 53.7 Å². The average Bonchev–Trinajstić information content (AvgIpc) is 2.68. The van der Waals surface area contributed by atoms with Gasteiger partial charge in [0.15, 0.2) is 0 Å². The minimum Gasteiger partial charge on any atom is -0.378 e. The number of nitrogens with zero attached hydrogens (tertiary/aromatic N) is 3. The molecule has 3 heterocycles. The summed E-state index contributed by atoms with van der Waals surface area (Å²) in [4.78, 5) is 23.3. The minimum absolute atomic E-state index is 0.442. The Hall–Kier alpha value is -2.99. The largest absolute Gasteiger partial charge is 0.378 e. The van der Waals surface area contributed by atoms with Crippen LogP contribution < -0.4 is 10.6 Å². The lowest BCUT2D eigenvalue weighted by molar-refractivity contribution is 0.0999. The second kappa shape index (κ2) is 6.72. The van der Waals surface area contributed by atoms with Gasteiger partial charge in [-0.2, -0.15) is 0 Å². The molecule has 132 valence electrons. The molecular formula is C20H20N4O2. The van der Waals surface area contributed by atoms with E-state index in [9.17, 15) is 4.79 Å². The molecule has 26 heavy (non-hydrogen) atoms. The first-order chi connectivity index (χ1) is 12.6. The number of aromatic nitrogens is 2. The van der Waals surface area contributed by atoms with Gasteiger partial charge in [-0.3, -0.25) is 9.78 Å². The van der Waals surface area contributed by atoms with Crippen LogP contribution in [0.5, 0.6) is 0 Å². The Morgan fingerprint density at radius 3 is 2.77 bits per heavy atom. The Morgan fingerprint density at radius 2 is 2.00 bits per heavy atom. The Balaban J connectivity index is 1.87. The number of primary amides is 1. The molecule has 0 saturated carbocycles. The quantitative estimate of drug-likeness (QED) is 0.787. The molecule has 2 aromatic heterocycles. The number of rotatable bonds is 3. The summed E-state index contributed by atoms with van der Waals surface area (Å²) in [6, 6.07) is 11.7. The highest BCUT2D eigenvalue weighted by Crippen LogP contribution is 2.30. The van der Waals surface area contributed by atoms with Crippen molar-refractivity contribution in [1.82, 2.24) is 9.97 Å². The van der Waals surface area contributed by atoms with Crippen molar-refractivity contribution in [1.29, 1.82) is 0 Å². The van der Waals surface area contributed by atoms with Gasteiger partial charge in [-0.15, -0.1) is 0 Å². The van der Waals surface area contributed by atoms with E-state index in [4.69, 9.17) is 15.5 Å². The van der Waals surface area contributed by atoms with Crippen molar-refractivity contribution in [2.75, 3.05) is 31.2 Å². The van der Waals surface area contributed by atoms with Gasteiger partial charge in [0.1, 0.15) is 5.82 Å². The van der Waals surface area contributed by atoms with Crippen molar-refractivity contribution in [2.24, 2.45) is 5.73 Å². The van der Waals surface area contributed by atoms with Crippen LogP contribution in [0.1, 0.15) is 15.9 Å². The fraction of sp³-hybridized carbons (Fsp3) is 0.250. The van der Waals surface area contributed by atoms with Gasteiger partial charge in [0.2, 0.25) is 5.91 Å². The maximum absolute atomic E-state index is 12.0. The molecule has 3 aromatic rings. The number of amides is 1. The number of anilines is 1. The zero-order valence-corrected chi connectivity index (χ0v) is 14.6. The molecule has 1 aliphatic heterocycles.